The van der Waals surface area contributed by atoms with Crippen molar-refractivity contribution in [2.45, 2.75) is 43.9 Å². The van der Waals surface area contributed by atoms with Crippen LogP contribution < -0.4 is 15.8 Å². The van der Waals surface area contributed by atoms with E-state index in [1.807, 2.05) is 57.2 Å². The first kappa shape index (κ1) is 26.8. The molecule has 4 rings (SSSR count). The molecule has 0 bridgehead atoms. The zero-order valence-electron chi connectivity index (χ0n) is 21.2. The monoisotopic (exact) mass is 535 g/mol. The van der Waals surface area contributed by atoms with Gasteiger partial charge in [-0.2, -0.15) is 0 Å². The lowest BCUT2D eigenvalue weighted by Gasteiger charge is -2.18. The smallest absolute Gasteiger partial charge is 0.311 e. The minimum atomic E-state index is -3.04. The van der Waals surface area contributed by atoms with Crippen molar-refractivity contribution in [1.82, 2.24) is 15.0 Å². The predicted octanol–water partition coefficient (Wildman–Crippen LogP) is 4.63. The predicted molar refractivity (Wildman–Crippen MR) is 144 cm³/mol. The van der Waals surface area contributed by atoms with E-state index < -0.39 is 16.6 Å². The minimum Gasteiger partial charge on any atom is -0.477 e. The van der Waals surface area contributed by atoms with Crippen LogP contribution in [0.15, 0.2) is 70.4 Å². The van der Waals surface area contributed by atoms with Gasteiger partial charge in [0, 0.05) is 11.8 Å². The Morgan fingerprint density at radius 1 is 1.08 bits per heavy atom. The lowest BCUT2D eigenvalue weighted by atomic mass is 9.94. The Labute approximate surface area is 222 Å². The summed E-state index contributed by atoms with van der Waals surface area (Å²) < 4.78 is 35.1. The van der Waals surface area contributed by atoms with Gasteiger partial charge in [0.15, 0.2) is 16.5 Å². The summed E-state index contributed by atoms with van der Waals surface area (Å²) in [6.45, 7) is 6.30. The Balaban J connectivity index is 1.41. The third-order valence-corrected chi connectivity index (χ3v) is 6.68. The van der Waals surface area contributed by atoms with E-state index in [1.54, 1.807) is 6.20 Å². The van der Waals surface area contributed by atoms with E-state index in [0.717, 1.165) is 16.8 Å². The van der Waals surface area contributed by atoms with Crippen LogP contribution in [0.5, 0.6) is 5.88 Å². The van der Waals surface area contributed by atoms with Crippen LogP contribution in [0.3, 0.4) is 0 Å². The number of anilines is 2. The molecule has 0 saturated carbocycles. The summed E-state index contributed by atoms with van der Waals surface area (Å²) >= 11 is 0. The number of pyridine rings is 2. The number of hydrogen-bond acceptors (Lipinski definition) is 9. The first-order valence-corrected chi connectivity index (χ1v) is 13.3. The van der Waals surface area contributed by atoms with Crippen LogP contribution in [0.1, 0.15) is 61.0 Å². The van der Waals surface area contributed by atoms with E-state index in [9.17, 15) is 13.2 Å². The highest BCUT2D eigenvalue weighted by atomic mass is 32.2. The summed E-state index contributed by atoms with van der Waals surface area (Å²) in [5, 5.41) is 2.56. The quantitative estimate of drug-likeness (QED) is 0.247. The second kappa shape index (κ2) is 11.9. The number of ether oxygens (including phenoxy) is 1. The largest absolute Gasteiger partial charge is 0.477 e. The average molecular weight is 536 g/mol. The molecule has 11 heteroatoms. The Hall–Kier alpha value is -4.25. The number of nitrogens with two attached hydrogens (primary N) is 1. The van der Waals surface area contributed by atoms with Gasteiger partial charge in [0.1, 0.15) is 4.90 Å². The molecule has 1 amide bonds. The maximum absolute atomic E-state index is 12.6. The molecule has 0 fully saturated rings. The SMILES string of the molecule is CC(C)c1nccc(C(C)CCOc2ncc(NC(=O)c3ncc(-c4ccccc4)o3)cc2[SH](=O)=O)c1N. The van der Waals surface area contributed by atoms with E-state index in [0.29, 0.717) is 17.9 Å². The zero-order chi connectivity index (χ0) is 27.2. The molecule has 0 aliphatic heterocycles. The number of hydrogen-bond donors (Lipinski definition) is 3. The fourth-order valence-electron chi connectivity index (χ4n) is 3.93. The van der Waals surface area contributed by atoms with Gasteiger partial charge >= 0.3 is 5.91 Å². The molecule has 3 heterocycles. The summed E-state index contributed by atoms with van der Waals surface area (Å²) in [5.74, 6) is -0.155. The van der Waals surface area contributed by atoms with E-state index in [2.05, 4.69) is 20.3 Å². The van der Waals surface area contributed by atoms with Gasteiger partial charge < -0.3 is 20.2 Å². The molecule has 4 aromatic rings. The molecule has 0 saturated heterocycles. The number of oxazole rings is 1. The number of nitrogens with one attached hydrogen (secondary N) is 1. The maximum Gasteiger partial charge on any atom is 0.311 e. The second-order valence-corrected chi connectivity index (χ2v) is 10.0. The van der Waals surface area contributed by atoms with Crippen molar-refractivity contribution in [2.75, 3.05) is 17.7 Å². The molecular formula is C27H29N5O5S. The topological polar surface area (TPSA) is 150 Å². The number of rotatable bonds is 10. The van der Waals surface area contributed by atoms with Gasteiger partial charge in [-0.25, -0.2) is 18.4 Å². The number of benzene rings is 1. The summed E-state index contributed by atoms with van der Waals surface area (Å²) in [5.41, 5.74) is 9.74. The van der Waals surface area contributed by atoms with Crippen molar-refractivity contribution in [1.29, 1.82) is 0 Å². The molecule has 1 aromatic carbocycles. The van der Waals surface area contributed by atoms with Crippen molar-refractivity contribution in [3.05, 3.63) is 78.2 Å². The fourth-order valence-corrected chi connectivity index (χ4v) is 4.46. The number of aromatic nitrogens is 3. The molecule has 38 heavy (non-hydrogen) atoms. The Morgan fingerprint density at radius 2 is 1.84 bits per heavy atom. The highest BCUT2D eigenvalue weighted by Gasteiger charge is 2.18. The van der Waals surface area contributed by atoms with Crippen LogP contribution in [-0.4, -0.2) is 35.9 Å². The van der Waals surface area contributed by atoms with Crippen LogP contribution in [0.25, 0.3) is 11.3 Å². The van der Waals surface area contributed by atoms with Gasteiger partial charge in [-0.05, 0) is 36.0 Å². The third kappa shape index (κ3) is 6.17. The Kier molecular flexibility index (Phi) is 8.37. The molecule has 1 unspecified atom stereocenters. The van der Waals surface area contributed by atoms with Crippen molar-refractivity contribution in [3.63, 3.8) is 0 Å². The number of amides is 1. The molecule has 0 aliphatic carbocycles. The van der Waals surface area contributed by atoms with Crippen molar-refractivity contribution in [2.24, 2.45) is 0 Å². The van der Waals surface area contributed by atoms with Crippen LogP contribution in [0.4, 0.5) is 11.4 Å². The first-order chi connectivity index (χ1) is 18.2. The number of carbonyl (C=O) groups excluding carboxylic acids is 1. The summed E-state index contributed by atoms with van der Waals surface area (Å²) in [7, 11) is -3.04. The summed E-state index contributed by atoms with van der Waals surface area (Å²) in [4.78, 5) is 25.0. The average Bonchev–Trinajstić information content (AvgIpc) is 3.40. The molecular weight excluding hydrogens is 506 g/mol. The number of nitrogens with zero attached hydrogens (tertiary/aromatic N) is 3. The van der Waals surface area contributed by atoms with Gasteiger partial charge in [-0.15, -0.1) is 0 Å². The van der Waals surface area contributed by atoms with Gasteiger partial charge in [0.05, 0.1) is 36.1 Å². The normalized spacial score (nSPS) is 12.0. The molecule has 10 nitrogen and oxygen atoms in total. The molecule has 1 atom stereocenters. The van der Waals surface area contributed by atoms with Crippen LogP contribution in [0, 0.1) is 0 Å². The second-order valence-electron chi connectivity index (χ2n) is 9.05. The zero-order valence-corrected chi connectivity index (χ0v) is 22.1. The first-order valence-electron chi connectivity index (χ1n) is 12.1. The molecule has 3 N–H and O–H groups in total. The standard InChI is InChI=1S/C27H29N5O5S/c1-16(2)24-23(28)20(9-11-29-24)17(3)10-12-36-26-22(38(34)35)13-19(14-30-26)32-25(33)27-31-15-21(37-27)18-7-5-4-6-8-18/h4-9,11,13-17,38H,10,12,28H2,1-3H3,(H,32,33). The summed E-state index contributed by atoms with van der Waals surface area (Å²) in [6.07, 6.45) is 5.09. The van der Waals surface area contributed by atoms with Gasteiger partial charge in [-0.3, -0.25) is 9.78 Å². The number of nitrogen functional groups attached to an aromatic ring is 1. The molecule has 0 spiro atoms. The van der Waals surface area contributed by atoms with Crippen LogP contribution >= 0.6 is 0 Å². The van der Waals surface area contributed by atoms with Gasteiger partial charge in [0.2, 0.25) is 5.88 Å². The number of carbonyl (C=O) groups is 1. The minimum absolute atomic E-state index is 0.0423. The molecule has 198 valence electrons. The fraction of sp³-hybridized carbons (Fsp3) is 0.259. The van der Waals surface area contributed by atoms with E-state index >= 15 is 0 Å². The van der Waals surface area contributed by atoms with E-state index in [-0.39, 0.29) is 40.8 Å². The highest BCUT2D eigenvalue weighted by Crippen LogP contribution is 2.30. The van der Waals surface area contributed by atoms with Crippen LogP contribution in [-0.2, 0) is 10.7 Å². The van der Waals surface area contributed by atoms with Crippen molar-refractivity contribution >= 4 is 28.0 Å². The van der Waals surface area contributed by atoms with Crippen molar-refractivity contribution < 1.29 is 22.4 Å². The van der Waals surface area contributed by atoms with Crippen LogP contribution in [0.2, 0.25) is 0 Å². The molecule has 0 radical (unpaired) electrons. The van der Waals surface area contributed by atoms with E-state index in [1.165, 1.54) is 18.5 Å². The van der Waals surface area contributed by atoms with Crippen molar-refractivity contribution in [3.8, 4) is 17.2 Å². The Bertz CT molecular complexity index is 1490. The lowest BCUT2D eigenvalue weighted by molar-refractivity contribution is 0.0991. The Morgan fingerprint density at radius 3 is 2.55 bits per heavy atom. The third-order valence-electron chi connectivity index (χ3n) is 5.97. The number of thiol groups is 1. The van der Waals surface area contributed by atoms with E-state index in [4.69, 9.17) is 14.9 Å². The maximum atomic E-state index is 12.6. The lowest BCUT2D eigenvalue weighted by Crippen LogP contribution is -2.13. The molecule has 3 aromatic heterocycles. The highest BCUT2D eigenvalue weighted by molar-refractivity contribution is 7.72. The van der Waals surface area contributed by atoms with Gasteiger partial charge in [0.25, 0.3) is 5.89 Å². The summed E-state index contributed by atoms with van der Waals surface area (Å²) in [6, 6.07) is 12.4. The van der Waals surface area contributed by atoms with Gasteiger partial charge in [-0.1, -0.05) is 51.1 Å². The molecule has 0 aliphatic rings.